The zero-order valence-corrected chi connectivity index (χ0v) is 10.9. The van der Waals surface area contributed by atoms with Crippen LogP contribution in [0.4, 0.5) is 0 Å². The van der Waals surface area contributed by atoms with Gasteiger partial charge in [0.25, 0.3) is 0 Å². The Labute approximate surface area is 106 Å². The summed E-state index contributed by atoms with van der Waals surface area (Å²) in [7, 11) is 0. The standard InChI is InChI=1S/C12H16ClNO3/c1-4-16-11-6-9(7-14-15)5-10(13)12(11)17-8(2)3/h5-8,15H,4H2,1-3H3/b14-7+. The third kappa shape index (κ3) is 3.82. The van der Waals surface area contributed by atoms with Crippen molar-refractivity contribution in [2.75, 3.05) is 6.61 Å². The number of hydrogen-bond acceptors (Lipinski definition) is 4. The summed E-state index contributed by atoms with van der Waals surface area (Å²) in [4.78, 5) is 0. The molecule has 0 spiro atoms. The normalized spacial score (nSPS) is 11.1. The second-order valence-corrected chi connectivity index (χ2v) is 4.08. The molecule has 1 rings (SSSR count). The fourth-order valence-corrected chi connectivity index (χ4v) is 1.61. The zero-order valence-electron chi connectivity index (χ0n) is 10.1. The molecule has 4 nitrogen and oxygen atoms in total. The van der Waals surface area contributed by atoms with Gasteiger partial charge in [-0.05, 0) is 32.9 Å². The van der Waals surface area contributed by atoms with E-state index in [-0.39, 0.29) is 6.10 Å². The van der Waals surface area contributed by atoms with E-state index in [2.05, 4.69) is 5.16 Å². The monoisotopic (exact) mass is 257 g/mol. The predicted octanol–water partition coefficient (Wildman–Crippen LogP) is 3.33. The minimum absolute atomic E-state index is 0.00376. The Morgan fingerprint density at radius 1 is 1.47 bits per heavy atom. The van der Waals surface area contributed by atoms with E-state index in [9.17, 15) is 0 Å². The quantitative estimate of drug-likeness (QED) is 0.500. The van der Waals surface area contributed by atoms with Gasteiger partial charge in [0.05, 0.1) is 23.9 Å². The summed E-state index contributed by atoms with van der Waals surface area (Å²) in [6.07, 6.45) is 1.29. The average Bonchev–Trinajstić information content (AvgIpc) is 2.23. The molecule has 0 amide bonds. The predicted molar refractivity (Wildman–Crippen MR) is 67.8 cm³/mol. The van der Waals surface area contributed by atoms with Crippen LogP contribution in [-0.4, -0.2) is 24.1 Å². The first kappa shape index (κ1) is 13.6. The van der Waals surface area contributed by atoms with Crippen LogP contribution in [0.2, 0.25) is 5.02 Å². The van der Waals surface area contributed by atoms with Crippen LogP contribution in [-0.2, 0) is 0 Å². The van der Waals surface area contributed by atoms with E-state index in [4.69, 9.17) is 26.3 Å². The lowest BCUT2D eigenvalue weighted by Crippen LogP contribution is -2.08. The average molecular weight is 258 g/mol. The first-order valence-electron chi connectivity index (χ1n) is 5.38. The lowest BCUT2D eigenvalue weighted by atomic mass is 10.2. The molecule has 5 heteroatoms. The molecule has 0 unspecified atom stereocenters. The Morgan fingerprint density at radius 2 is 2.18 bits per heavy atom. The highest BCUT2D eigenvalue weighted by Gasteiger charge is 2.13. The zero-order chi connectivity index (χ0) is 12.8. The highest BCUT2D eigenvalue weighted by molar-refractivity contribution is 6.32. The Morgan fingerprint density at radius 3 is 2.71 bits per heavy atom. The Hall–Kier alpha value is -1.42. The van der Waals surface area contributed by atoms with Gasteiger partial charge in [0.15, 0.2) is 11.5 Å². The number of oxime groups is 1. The van der Waals surface area contributed by atoms with Crippen molar-refractivity contribution in [1.29, 1.82) is 0 Å². The summed E-state index contributed by atoms with van der Waals surface area (Å²) in [6, 6.07) is 3.37. The molecule has 0 aliphatic carbocycles. The number of halogens is 1. The molecular formula is C12H16ClNO3. The van der Waals surface area contributed by atoms with E-state index in [0.717, 1.165) is 0 Å². The Balaban J connectivity index is 3.17. The summed E-state index contributed by atoms with van der Waals surface area (Å²) in [5.74, 6) is 1.06. The minimum atomic E-state index is 0.00376. The Bertz CT molecular complexity index is 405. The third-order valence-corrected chi connectivity index (χ3v) is 2.17. The van der Waals surface area contributed by atoms with Gasteiger partial charge in [-0.1, -0.05) is 16.8 Å². The number of rotatable bonds is 5. The van der Waals surface area contributed by atoms with Crippen LogP contribution in [0.3, 0.4) is 0 Å². The summed E-state index contributed by atoms with van der Waals surface area (Å²) in [6.45, 7) is 6.20. The van der Waals surface area contributed by atoms with Crippen LogP contribution < -0.4 is 9.47 Å². The van der Waals surface area contributed by atoms with Gasteiger partial charge in [0.2, 0.25) is 0 Å². The molecule has 0 saturated carbocycles. The molecule has 0 saturated heterocycles. The van der Waals surface area contributed by atoms with Gasteiger partial charge in [0.1, 0.15) is 0 Å². The number of hydrogen-bond donors (Lipinski definition) is 1. The van der Waals surface area contributed by atoms with Crippen LogP contribution in [0.25, 0.3) is 0 Å². The van der Waals surface area contributed by atoms with Gasteiger partial charge in [0, 0.05) is 5.56 Å². The van der Waals surface area contributed by atoms with E-state index in [0.29, 0.717) is 28.7 Å². The molecule has 0 aromatic heterocycles. The summed E-state index contributed by atoms with van der Waals surface area (Å²) in [5.41, 5.74) is 0.650. The smallest absolute Gasteiger partial charge is 0.180 e. The van der Waals surface area contributed by atoms with Crippen molar-refractivity contribution in [2.24, 2.45) is 5.16 Å². The van der Waals surface area contributed by atoms with Crippen molar-refractivity contribution in [3.05, 3.63) is 22.7 Å². The number of ether oxygens (including phenoxy) is 2. The van der Waals surface area contributed by atoms with E-state index in [1.807, 2.05) is 20.8 Å². The molecular weight excluding hydrogens is 242 g/mol. The van der Waals surface area contributed by atoms with Crippen LogP contribution in [0.15, 0.2) is 17.3 Å². The molecule has 0 atom stereocenters. The fourth-order valence-electron chi connectivity index (χ4n) is 1.34. The van der Waals surface area contributed by atoms with Gasteiger partial charge in [-0.15, -0.1) is 0 Å². The summed E-state index contributed by atoms with van der Waals surface area (Å²) in [5, 5.41) is 11.9. The topological polar surface area (TPSA) is 51.0 Å². The van der Waals surface area contributed by atoms with Gasteiger partial charge in [-0.3, -0.25) is 0 Å². The summed E-state index contributed by atoms with van der Waals surface area (Å²) < 4.78 is 11.1. The lowest BCUT2D eigenvalue weighted by Gasteiger charge is -2.16. The molecule has 0 fully saturated rings. The largest absolute Gasteiger partial charge is 0.490 e. The maximum absolute atomic E-state index is 8.50. The lowest BCUT2D eigenvalue weighted by molar-refractivity contribution is 0.224. The van der Waals surface area contributed by atoms with Gasteiger partial charge in [-0.25, -0.2) is 0 Å². The highest BCUT2D eigenvalue weighted by atomic mass is 35.5. The van der Waals surface area contributed by atoms with E-state index >= 15 is 0 Å². The maximum atomic E-state index is 8.50. The van der Waals surface area contributed by atoms with Crippen LogP contribution in [0.1, 0.15) is 26.3 Å². The molecule has 0 heterocycles. The molecule has 1 N–H and O–H groups in total. The van der Waals surface area contributed by atoms with E-state index in [1.54, 1.807) is 12.1 Å². The first-order chi connectivity index (χ1) is 8.08. The molecule has 0 bridgehead atoms. The van der Waals surface area contributed by atoms with Crippen molar-refractivity contribution >= 4 is 17.8 Å². The van der Waals surface area contributed by atoms with Gasteiger partial charge in [-0.2, -0.15) is 0 Å². The number of nitrogens with zero attached hydrogens (tertiary/aromatic N) is 1. The van der Waals surface area contributed by atoms with Crippen molar-refractivity contribution in [3.8, 4) is 11.5 Å². The van der Waals surface area contributed by atoms with Crippen molar-refractivity contribution in [1.82, 2.24) is 0 Å². The van der Waals surface area contributed by atoms with Crippen molar-refractivity contribution in [3.63, 3.8) is 0 Å². The third-order valence-electron chi connectivity index (χ3n) is 1.89. The fraction of sp³-hybridized carbons (Fsp3) is 0.417. The van der Waals surface area contributed by atoms with Crippen molar-refractivity contribution < 1.29 is 14.7 Å². The Kier molecular flexibility index (Phi) is 5.10. The first-order valence-corrected chi connectivity index (χ1v) is 5.76. The highest BCUT2D eigenvalue weighted by Crippen LogP contribution is 2.37. The summed E-state index contributed by atoms with van der Waals surface area (Å²) >= 11 is 6.10. The van der Waals surface area contributed by atoms with Gasteiger partial charge >= 0.3 is 0 Å². The second-order valence-electron chi connectivity index (χ2n) is 3.67. The molecule has 17 heavy (non-hydrogen) atoms. The minimum Gasteiger partial charge on any atom is -0.490 e. The molecule has 0 aliphatic heterocycles. The molecule has 1 aromatic carbocycles. The SMILES string of the molecule is CCOc1cc(/C=N/O)cc(Cl)c1OC(C)C. The maximum Gasteiger partial charge on any atom is 0.180 e. The number of benzene rings is 1. The molecule has 94 valence electrons. The van der Waals surface area contributed by atoms with Gasteiger partial charge < -0.3 is 14.7 Å². The van der Waals surface area contributed by atoms with E-state index in [1.165, 1.54) is 6.21 Å². The van der Waals surface area contributed by atoms with Crippen LogP contribution in [0, 0.1) is 0 Å². The molecule has 0 aliphatic rings. The van der Waals surface area contributed by atoms with E-state index < -0.39 is 0 Å². The van der Waals surface area contributed by atoms with Crippen LogP contribution >= 0.6 is 11.6 Å². The van der Waals surface area contributed by atoms with Crippen LogP contribution in [0.5, 0.6) is 11.5 Å². The van der Waals surface area contributed by atoms with Crippen molar-refractivity contribution in [2.45, 2.75) is 26.9 Å². The second kappa shape index (κ2) is 6.35. The molecule has 1 aromatic rings. The molecule has 0 radical (unpaired) electrons.